The second-order valence-electron chi connectivity index (χ2n) is 7.22. The number of likely N-dealkylation sites (tertiary alicyclic amines) is 1. The molecule has 1 heterocycles. The number of piperidine rings is 1. The van der Waals surface area contributed by atoms with Gasteiger partial charge in [-0.05, 0) is 18.4 Å². The van der Waals surface area contributed by atoms with Gasteiger partial charge in [-0.1, -0.05) is 60.7 Å². The van der Waals surface area contributed by atoms with E-state index in [4.69, 9.17) is 0 Å². The van der Waals surface area contributed by atoms with Gasteiger partial charge >= 0.3 is 0 Å². The van der Waals surface area contributed by atoms with Crippen LogP contribution in [0.15, 0.2) is 60.7 Å². The third-order valence-corrected chi connectivity index (χ3v) is 5.61. The predicted octanol–water partition coefficient (Wildman–Crippen LogP) is 2.82. The topological polar surface area (TPSA) is 41.7 Å². The number of Topliss-reactive ketones (excluding diaryl/α,β-unsaturated/α-hetero) is 1. The van der Waals surface area contributed by atoms with Crippen molar-refractivity contribution in [3.8, 4) is 0 Å². The molecule has 2 aromatic rings. The molecule has 1 saturated heterocycles. The SMILES string of the molecule is C[NH+]1[C@@H](CC(=O)c2ccccc2)CCC[C@H]1C[C@H](O)c1ccccc1. The van der Waals surface area contributed by atoms with Gasteiger partial charge in [0.2, 0.25) is 0 Å². The Bertz CT molecular complexity index is 671. The number of rotatable bonds is 6. The molecule has 2 aromatic carbocycles. The van der Waals surface area contributed by atoms with Crippen molar-refractivity contribution in [1.82, 2.24) is 0 Å². The quantitative estimate of drug-likeness (QED) is 0.795. The second kappa shape index (κ2) is 8.41. The number of benzene rings is 2. The first kappa shape index (κ1) is 17.8. The summed E-state index contributed by atoms with van der Waals surface area (Å²) < 4.78 is 0. The minimum atomic E-state index is -0.426. The van der Waals surface area contributed by atoms with E-state index in [-0.39, 0.29) is 5.78 Å². The molecule has 1 aliphatic heterocycles. The zero-order valence-electron chi connectivity index (χ0n) is 14.9. The lowest BCUT2D eigenvalue weighted by atomic mass is 9.88. The number of aliphatic hydroxyl groups is 1. The average molecular weight is 338 g/mol. The summed E-state index contributed by atoms with van der Waals surface area (Å²) in [6, 6.07) is 20.2. The molecule has 25 heavy (non-hydrogen) atoms. The molecule has 0 aromatic heterocycles. The molecule has 0 bridgehead atoms. The smallest absolute Gasteiger partial charge is 0.168 e. The van der Waals surface area contributed by atoms with Crippen LogP contribution >= 0.6 is 0 Å². The number of carbonyl (C=O) groups excluding carboxylic acids is 1. The van der Waals surface area contributed by atoms with Gasteiger partial charge < -0.3 is 10.0 Å². The molecular formula is C22H28NO2+. The summed E-state index contributed by atoms with van der Waals surface area (Å²) in [6.07, 6.45) is 4.26. The van der Waals surface area contributed by atoms with E-state index in [2.05, 4.69) is 7.05 Å². The maximum atomic E-state index is 12.5. The van der Waals surface area contributed by atoms with Gasteiger partial charge in [0.25, 0.3) is 0 Å². The van der Waals surface area contributed by atoms with Gasteiger partial charge in [-0.3, -0.25) is 4.79 Å². The lowest BCUT2D eigenvalue weighted by Gasteiger charge is -2.37. The third kappa shape index (κ3) is 4.56. The standard InChI is InChI=1S/C22H27NO2/c1-23-19(15-21(24)17-9-4-2-5-10-17)13-8-14-20(23)16-22(25)18-11-6-3-7-12-18/h2-7,9-12,19-21,24H,8,13-16H2,1H3/p+1/t19-,20+,21-/m0/s1. The zero-order chi connectivity index (χ0) is 17.6. The fourth-order valence-electron chi connectivity index (χ4n) is 4.01. The van der Waals surface area contributed by atoms with Gasteiger partial charge in [0, 0.05) is 18.4 Å². The first-order chi connectivity index (χ1) is 12.1. The van der Waals surface area contributed by atoms with Crippen molar-refractivity contribution in [3.05, 3.63) is 71.8 Å². The number of carbonyl (C=O) groups is 1. The largest absolute Gasteiger partial charge is 0.388 e. The number of quaternary nitrogens is 1. The first-order valence-electron chi connectivity index (χ1n) is 9.29. The Morgan fingerprint density at radius 3 is 2.32 bits per heavy atom. The van der Waals surface area contributed by atoms with Gasteiger partial charge in [0.05, 0.1) is 31.7 Å². The minimum absolute atomic E-state index is 0.231. The van der Waals surface area contributed by atoms with E-state index < -0.39 is 6.10 Å². The van der Waals surface area contributed by atoms with Crippen LogP contribution in [0.4, 0.5) is 0 Å². The number of nitrogens with one attached hydrogen (secondary N) is 1. The number of ketones is 1. The molecule has 3 nitrogen and oxygen atoms in total. The maximum Gasteiger partial charge on any atom is 0.168 e. The van der Waals surface area contributed by atoms with Crippen LogP contribution in [0.2, 0.25) is 0 Å². The number of aliphatic hydroxyl groups excluding tert-OH is 1. The highest BCUT2D eigenvalue weighted by Crippen LogP contribution is 2.22. The summed E-state index contributed by atoms with van der Waals surface area (Å²) >= 11 is 0. The van der Waals surface area contributed by atoms with Gasteiger partial charge in [-0.25, -0.2) is 0 Å². The molecule has 3 heteroatoms. The van der Waals surface area contributed by atoms with Crippen molar-refractivity contribution in [3.63, 3.8) is 0 Å². The Labute approximate surface area is 150 Å². The van der Waals surface area contributed by atoms with E-state index in [0.717, 1.165) is 36.8 Å². The zero-order valence-corrected chi connectivity index (χ0v) is 14.9. The van der Waals surface area contributed by atoms with Crippen LogP contribution in [-0.2, 0) is 0 Å². The lowest BCUT2D eigenvalue weighted by molar-refractivity contribution is -0.936. The highest BCUT2D eigenvalue weighted by atomic mass is 16.3. The minimum Gasteiger partial charge on any atom is -0.388 e. The molecule has 4 atom stereocenters. The van der Waals surface area contributed by atoms with Gasteiger partial charge in [-0.15, -0.1) is 0 Å². The van der Waals surface area contributed by atoms with Crippen molar-refractivity contribution in [1.29, 1.82) is 0 Å². The molecule has 1 fully saturated rings. The predicted molar refractivity (Wildman–Crippen MR) is 99.7 cm³/mol. The van der Waals surface area contributed by atoms with Crippen LogP contribution in [-0.4, -0.2) is 30.0 Å². The molecule has 132 valence electrons. The normalized spacial score (nSPS) is 24.6. The summed E-state index contributed by atoms with van der Waals surface area (Å²) in [7, 11) is 2.18. The Morgan fingerprint density at radius 1 is 1.04 bits per heavy atom. The highest BCUT2D eigenvalue weighted by Gasteiger charge is 2.34. The molecule has 0 radical (unpaired) electrons. The van der Waals surface area contributed by atoms with E-state index in [1.807, 2.05) is 60.7 Å². The molecule has 3 rings (SSSR count). The highest BCUT2D eigenvalue weighted by molar-refractivity contribution is 5.96. The monoisotopic (exact) mass is 338 g/mol. The molecular weight excluding hydrogens is 310 g/mol. The average Bonchev–Trinajstić information content (AvgIpc) is 2.66. The number of hydrogen-bond acceptors (Lipinski definition) is 2. The Kier molecular flexibility index (Phi) is 6.00. The maximum absolute atomic E-state index is 12.5. The fourth-order valence-corrected chi connectivity index (χ4v) is 4.01. The van der Waals surface area contributed by atoms with Crippen LogP contribution in [0.25, 0.3) is 0 Å². The van der Waals surface area contributed by atoms with E-state index in [1.54, 1.807) is 0 Å². The van der Waals surface area contributed by atoms with Gasteiger partial charge in [-0.2, -0.15) is 0 Å². The van der Waals surface area contributed by atoms with E-state index in [1.165, 1.54) is 4.90 Å². The summed E-state index contributed by atoms with van der Waals surface area (Å²) in [5.74, 6) is 0.231. The van der Waals surface area contributed by atoms with Crippen LogP contribution in [0.5, 0.6) is 0 Å². The molecule has 0 aliphatic carbocycles. The van der Waals surface area contributed by atoms with E-state index in [9.17, 15) is 9.90 Å². The van der Waals surface area contributed by atoms with E-state index in [0.29, 0.717) is 18.5 Å². The summed E-state index contributed by atoms with van der Waals surface area (Å²) in [5, 5.41) is 10.6. The molecule has 0 spiro atoms. The fraction of sp³-hybridized carbons (Fsp3) is 0.409. The van der Waals surface area contributed by atoms with Crippen molar-refractivity contribution in [2.75, 3.05) is 7.05 Å². The third-order valence-electron chi connectivity index (χ3n) is 5.61. The summed E-state index contributed by atoms with van der Waals surface area (Å²) in [4.78, 5) is 13.9. The molecule has 1 unspecified atom stereocenters. The van der Waals surface area contributed by atoms with Crippen LogP contribution in [0.1, 0.15) is 54.1 Å². The second-order valence-corrected chi connectivity index (χ2v) is 7.22. The molecule has 1 aliphatic rings. The van der Waals surface area contributed by atoms with Crippen molar-refractivity contribution >= 4 is 5.78 Å². The van der Waals surface area contributed by atoms with Crippen LogP contribution < -0.4 is 4.90 Å². The van der Waals surface area contributed by atoms with Gasteiger partial charge in [0.1, 0.15) is 0 Å². The van der Waals surface area contributed by atoms with Crippen LogP contribution in [0.3, 0.4) is 0 Å². The van der Waals surface area contributed by atoms with Crippen molar-refractivity contribution < 1.29 is 14.8 Å². The summed E-state index contributed by atoms with van der Waals surface area (Å²) in [6.45, 7) is 0. The van der Waals surface area contributed by atoms with Crippen molar-refractivity contribution in [2.24, 2.45) is 0 Å². The molecule has 2 N–H and O–H groups in total. The molecule has 0 saturated carbocycles. The summed E-state index contributed by atoms with van der Waals surface area (Å²) in [5.41, 5.74) is 1.79. The Hall–Kier alpha value is -1.97. The Morgan fingerprint density at radius 2 is 1.64 bits per heavy atom. The lowest BCUT2D eigenvalue weighted by Crippen LogP contribution is -3.17. The number of hydrogen-bond donors (Lipinski definition) is 2. The van der Waals surface area contributed by atoms with Gasteiger partial charge in [0.15, 0.2) is 5.78 Å². The molecule has 0 amide bonds. The Balaban J connectivity index is 1.61. The van der Waals surface area contributed by atoms with Crippen molar-refractivity contribution in [2.45, 2.75) is 50.3 Å². The van der Waals surface area contributed by atoms with E-state index >= 15 is 0 Å². The van der Waals surface area contributed by atoms with Crippen LogP contribution in [0, 0.1) is 0 Å². The first-order valence-corrected chi connectivity index (χ1v) is 9.29.